The molecule has 7 heteroatoms. The zero-order valence-electron chi connectivity index (χ0n) is 15.5. The second-order valence-corrected chi connectivity index (χ2v) is 7.04. The van der Waals surface area contributed by atoms with Crippen molar-refractivity contribution in [3.05, 3.63) is 52.8 Å². The van der Waals surface area contributed by atoms with Gasteiger partial charge in [0.2, 0.25) is 0 Å². The SMILES string of the molecule is COC(=O)c1cccn1C1CCN(C(=O)COc2ccc(Cl)cc2C)CC1. The molecule has 144 valence electrons. The van der Waals surface area contributed by atoms with Gasteiger partial charge in [-0.05, 0) is 55.7 Å². The van der Waals surface area contributed by atoms with Gasteiger partial charge in [-0.1, -0.05) is 11.6 Å². The summed E-state index contributed by atoms with van der Waals surface area (Å²) in [7, 11) is 1.38. The van der Waals surface area contributed by atoms with E-state index in [2.05, 4.69) is 0 Å². The van der Waals surface area contributed by atoms with Crippen molar-refractivity contribution in [2.45, 2.75) is 25.8 Å². The minimum Gasteiger partial charge on any atom is -0.483 e. The Bertz CT molecular complexity index is 825. The first-order valence-corrected chi connectivity index (χ1v) is 9.29. The molecule has 27 heavy (non-hydrogen) atoms. The quantitative estimate of drug-likeness (QED) is 0.733. The van der Waals surface area contributed by atoms with Gasteiger partial charge in [0.05, 0.1) is 7.11 Å². The molecule has 3 rings (SSSR count). The van der Waals surface area contributed by atoms with Gasteiger partial charge in [-0.15, -0.1) is 0 Å². The van der Waals surface area contributed by atoms with Crippen molar-refractivity contribution in [1.29, 1.82) is 0 Å². The van der Waals surface area contributed by atoms with Crippen LogP contribution in [0.25, 0.3) is 0 Å². The average molecular weight is 391 g/mol. The number of methoxy groups -OCH3 is 1. The molecule has 1 aromatic heterocycles. The highest BCUT2D eigenvalue weighted by molar-refractivity contribution is 6.30. The Morgan fingerprint density at radius 1 is 1.22 bits per heavy atom. The Kier molecular flexibility index (Phi) is 6.06. The van der Waals surface area contributed by atoms with E-state index < -0.39 is 0 Å². The van der Waals surface area contributed by atoms with E-state index in [4.69, 9.17) is 21.1 Å². The van der Waals surface area contributed by atoms with Crippen molar-refractivity contribution in [1.82, 2.24) is 9.47 Å². The highest BCUT2D eigenvalue weighted by Crippen LogP contribution is 2.26. The molecule has 0 bridgehead atoms. The van der Waals surface area contributed by atoms with E-state index in [1.807, 2.05) is 34.7 Å². The molecule has 2 heterocycles. The van der Waals surface area contributed by atoms with Crippen molar-refractivity contribution >= 4 is 23.5 Å². The van der Waals surface area contributed by atoms with Crippen LogP contribution in [0.2, 0.25) is 5.02 Å². The number of aromatic nitrogens is 1. The number of ether oxygens (including phenoxy) is 2. The number of likely N-dealkylation sites (tertiary alicyclic amines) is 1. The van der Waals surface area contributed by atoms with Crippen LogP contribution < -0.4 is 4.74 Å². The lowest BCUT2D eigenvalue weighted by Crippen LogP contribution is -2.41. The van der Waals surface area contributed by atoms with Crippen molar-refractivity contribution in [2.75, 3.05) is 26.8 Å². The molecular weight excluding hydrogens is 368 g/mol. The van der Waals surface area contributed by atoms with Crippen molar-refractivity contribution in [3.63, 3.8) is 0 Å². The van der Waals surface area contributed by atoms with Crippen LogP contribution in [0, 0.1) is 6.92 Å². The number of carbonyl (C=O) groups is 2. The molecule has 1 fully saturated rings. The molecule has 0 unspecified atom stereocenters. The van der Waals surface area contributed by atoms with Crippen LogP contribution in [0.3, 0.4) is 0 Å². The summed E-state index contributed by atoms with van der Waals surface area (Å²) < 4.78 is 12.4. The standard InChI is InChI=1S/C20H23ClN2O4/c1-14-12-15(21)5-6-18(14)27-13-19(24)22-10-7-16(8-11-22)23-9-3-4-17(23)20(25)26-2/h3-6,9,12,16H,7-8,10-11,13H2,1-2H3. The maximum atomic E-state index is 12.5. The van der Waals surface area contributed by atoms with E-state index in [0.29, 0.717) is 29.6 Å². The Labute approximate surface area is 163 Å². The van der Waals surface area contributed by atoms with Gasteiger partial charge < -0.3 is 18.9 Å². The van der Waals surface area contributed by atoms with E-state index in [9.17, 15) is 9.59 Å². The zero-order chi connectivity index (χ0) is 19.4. The molecule has 0 atom stereocenters. The fourth-order valence-electron chi connectivity index (χ4n) is 3.39. The first-order chi connectivity index (χ1) is 13.0. The summed E-state index contributed by atoms with van der Waals surface area (Å²) in [4.78, 5) is 26.1. The number of halogens is 1. The maximum Gasteiger partial charge on any atom is 0.354 e. The number of hydrogen-bond donors (Lipinski definition) is 0. The van der Waals surface area contributed by atoms with Crippen LogP contribution in [0.4, 0.5) is 0 Å². The number of piperidine rings is 1. The highest BCUT2D eigenvalue weighted by atomic mass is 35.5. The normalized spacial score (nSPS) is 14.9. The van der Waals surface area contributed by atoms with Crippen molar-refractivity contribution < 1.29 is 19.1 Å². The number of carbonyl (C=O) groups excluding carboxylic acids is 2. The van der Waals surface area contributed by atoms with Crippen LogP contribution >= 0.6 is 11.6 Å². The van der Waals surface area contributed by atoms with Gasteiger partial charge >= 0.3 is 5.97 Å². The molecule has 6 nitrogen and oxygen atoms in total. The number of amides is 1. The van der Waals surface area contributed by atoms with Crippen LogP contribution in [0.1, 0.15) is 34.9 Å². The number of esters is 1. The molecule has 0 aliphatic carbocycles. The number of rotatable bonds is 5. The molecule has 1 amide bonds. The molecule has 0 N–H and O–H groups in total. The predicted molar refractivity (Wildman–Crippen MR) is 102 cm³/mol. The number of benzene rings is 1. The molecular formula is C20H23ClN2O4. The van der Waals surface area contributed by atoms with E-state index in [-0.39, 0.29) is 24.5 Å². The monoisotopic (exact) mass is 390 g/mol. The third kappa shape index (κ3) is 4.45. The van der Waals surface area contributed by atoms with E-state index >= 15 is 0 Å². The van der Waals surface area contributed by atoms with Gasteiger partial charge in [0.25, 0.3) is 5.91 Å². The minimum absolute atomic E-state index is 0.00404. The van der Waals surface area contributed by atoms with E-state index in [0.717, 1.165) is 18.4 Å². The molecule has 1 saturated heterocycles. The minimum atomic E-state index is -0.342. The van der Waals surface area contributed by atoms with Gasteiger partial charge in [0, 0.05) is 30.4 Å². The topological polar surface area (TPSA) is 60.8 Å². The van der Waals surface area contributed by atoms with Gasteiger partial charge in [0.1, 0.15) is 11.4 Å². The van der Waals surface area contributed by atoms with Crippen LogP contribution in [-0.2, 0) is 9.53 Å². The van der Waals surface area contributed by atoms with E-state index in [1.54, 1.807) is 18.2 Å². The predicted octanol–water partition coefficient (Wildman–Crippen LogP) is 3.48. The second-order valence-electron chi connectivity index (χ2n) is 6.60. The molecule has 1 aromatic carbocycles. The summed E-state index contributed by atoms with van der Waals surface area (Å²) >= 11 is 5.94. The van der Waals surface area contributed by atoms with Gasteiger partial charge in [-0.3, -0.25) is 4.79 Å². The van der Waals surface area contributed by atoms with Crippen molar-refractivity contribution in [2.24, 2.45) is 0 Å². The Balaban J connectivity index is 1.54. The molecule has 2 aromatic rings. The Hall–Kier alpha value is -2.47. The summed E-state index contributed by atoms with van der Waals surface area (Å²) in [6.07, 6.45) is 3.45. The molecule has 0 spiro atoms. The average Bonchev–Trinajstić information content (AvgIpc) is 3.16. The van der Waals surface area contributed by atoms with Gasteiger partial charge in [0.15, 0.2) is 6.61 Å². The third-order valence-electron chi connectivity index (χ3n) is 4.87. The van der Waals surface area contributed by atoms with Gasteiger partial charge in [-0.2, -0.15) is 0 Å². The fraction of sp³-hybridized carbons (Fsp3) is 0.400. The highest BCUT2D eigenvalue weighted by Gasteiger charge is 2.26. The summed E-state index contributed by atoms with van der Waals surface area (Å²) in [5.41, 5.74) is 1.45. The fourth-order valence-corrected chi connectivity index (χ4v) is 3.62. The number of nitrogens with zero attached hydrogens (tertiary/aromatic N) is 2. The Morgan fingerprint density at radius 2 is 1.96 bits per heavy atom. The first kappa shape index (κ1) is 19.3. The summed E-state index contributed by atoms with van der Waals surface area (Å²) in [5, 5.41) is 0.643. The number of aryl methyl sites for hydroxylation is 1. The van der Waals surface area contributed by atoms with Crippen LogP contribution in [0.15, 0.2) is 36.5 Å². The van der Waals surface area contributed by atoms with Crippen LogP contribution in [0.5, 0.6) is 5.75 Å². The molecule has 1 aliphatic rings. The molecule has 0 saturated carbocycles. The summed E-state index contributed by atoms with van der Waals surface area (Å²) in [5.74, 6) is 0.284. The lowest BCUT2D eigenvalue weighted by molar-refractivity contribution is -0.134. The Morgan fingerprint density at radius 3 is 2.63 bits per heavy atom. The van der Waals surface area contributed by atoms with E-state index in [1.165, 1.54) is 7.11 Å². The maximum absolute atomic E-state index is 12.5. The number of hydrogen-bond acceptors (Lipinski definition) is 4. The van der Waals surface area contributed by atoms with Crippen molar-refractivity contribution in [3.8, 4) is 5.75 Å². The van der Waals surface area contributed by atoms with Gasteiger partial charge in [-0.25, -0.2) is 4.79 Å². The van der Waals surface area contributed by atoms with Crippen LogP contribution in [-0.4, -0.2) is 48.1 Å². The molecule has 0 radical (unpaired) electrons. The molecule has 1 aliphatic heterocycles. The lowest BCUT2D eigenvalue weighted by atomic mass is 10.0. The first-order valence-electron chi connectivity index (χ1n) is 8.91. The largest absolute Gasteiger partial charge is 0.483 e. The second kappa shape index (κ2) is 8.48. The summed E-state index contributed by atoms with van der Waals surface area (Å²) in [6.45, 7) is 3.16. The third-order valence-corrected chi connectivity index (χ3v) is 5.11. The summed E-state index contributed by atoms with van der Waals surface area (Å²) in [6, 6.07) is 9.10. The smallest absolute Gasteiger partial charge is 0.354 e. The zero-order valence-corrected chi connectivity index (χ0v) is 16.2. The lowest BCUT2D eigenvalue weighted by Gasteiger charge is -2.33.